The predicted molar refractivity (Wildman–Crippen MR) is 183 cm³/mol. The number of sulfonamides is 1. The SMILES string of the molecule is CS(=O)(=O)N(Cc1ncccn1)c1ccc2c(c1)C(=O)N(CC(=O)O[C@@H](Cc1c(Cl)cncc1Cl)c1ccc(OC(F)F)c(OCC3CC3)c1)C2=O. The highest BCUT2D eigenvalue weighted by Gasteiger charge is 2.38. The third-order valence-corrected chi connectivity index (χ3v) is 9.97. The van der Waals surface area contributed by atoms with Crippen LogP contribution in [0.25, 0.3) is 0 Å². The van der Waals surface area contributed by atoms with Crippen LogP contribution in [0, 0.1) is 5.92 Å². The van der Waals surface area contributed by atoms with E-state index in [1.165, 1.54) is 61.2 Å². The highest BCUT2D eigenvalue weighted by Crippen LogP contribution is 2.38. The van der Waals surface area contributed by atoms with E-state index < -0.39 is 47.1 Å². The number of ether oxygens (including phenoxy) is 3. The van der Waals surface area contributed by atoms with Gasteiger partial charge in [0.25, 0.3) is 11.8 Å². The number of amides is 2. The van der Waals surface area contributed by atoms with Crippen molar-refractivity contribution >= 4 is 56.7 Å². The first-order chi connectivity index (χ1) is 24.8. The Bertz CT molecular complexity index is 2110. The van der Waals surface area contributed by atoms with E-state index in [1.54, 1.807) is 6.07 Å². The minimum atomic E-state index is -3.89. The van der Waals surface area contributed by atoms with Gasteiger partial charge in [-0.25, -0.2) is 18.4 Å². The highest BCUT2D eigenvalue weighted by atomic mass is 35.5. The predicted octanol–water partition coefficient (Wildman–Crippen LogP) is 5.66. The van der Waals surface area contributed by atoms with Gasteiger partial charge in [0.1, 0.15) is 18.5 Å². The molecule has 0 saturated heterocycles. The van der Waals surface area contributed by atoms with Gasteiger partial charge in [0, 0.05) is 31.2 Å². The fraction of sp³-hybridized carbons (Fsp3) is 0.294. The van der Waals surface area contributed by atoms with Gasteiger partial charge in [-0.1, -0.05) is 29.3 Å². The van der Waals surface area contributed by atoms with E-state index in [1.807, 2.05) is 0 Å². The van der Waals surface area contributed by atoms with Crippen LogP contribution in [0.3, 0.4) is 0 Å². The van der Waals surface area contributed by atoms with Crippen molar-refractivity contribution in [2.75, 3.05) is 23.7 Å². The number of nitrogens with zero attached hydrogens (tertiary/aromatic N) is 5. The second-order valence-corrected chi connectivity index (χ2v) is 14.7. The number of fused-ring (bicyclic) bond motifs is 1. The Morgan fingerprint density at radius 3 is 2.35 bits per heavy atom. The molecule has 0 spiro atoms. The Balaban J connectivity index is 1.25. The normalized spacial score (nSPS) is 14.7. The molecule has 18 heteroatoms. The molecule has 6 rings (SSSR count). The van der Waals surface area contributed by atoms with Gasteiger partial charge < -0.3 is 14.2 Å². The lowest BCUT2D eigenvalue weighted by Gasteiger charge is -2.22. The van der Waals surface area contributed by atoms with Crippen LogP contribution in [0.2, 0.25) is 10.0 Å². The standard InChI is InChI=1S/C34H29Cl2F2N5O8S/c1-52(47,48)43(16-30-40-9-2-10-41-30)21-6-7-22-23(12-21)33(46)42(32(22)45)17-31(44)50-28(13-24-25(35)14-39-15-26(24)36)20-5-8-27(51-34(37)38)29(11-20)49-18-19-3-4-19/h2,5-12,14-15,19,28,34H,3-4,13,16-18H2,1H3/t28-/m0/s1. The fourth-order valence-corrected chi connectivity index (χ4v) is 6.78. The molecular formula is C34H29Cl2F2N5O8S. The summed E-state index contributed by atoms with van der Waals surface area (Å²) in [7, 11) is -3.89. The molecule has 2 aliphatic rings. The number of pyridine rings is 1. The van der Waals surface area contributed by atoms with Gasteiger partial charge in [-0.15, -0.1) is 0 Å². The number of imide groups is 1. The Labute approximate surface area is 306 Å². The molecule has 2 amide bonds. The summed E-state index contributed by atoms with van der Waals surface area (Å²) in [6.45, 7) is -3.92. The van der Waals surface area contributed by atoms with Crippen molar-refractivity contribution in [2.24, 2.45) is 5.92 Å². The van der Waals surface area contributed by atoms with E-state index in [9.17, 15) is 31.6 Å². The number of hydrogen-bond acceptors (Lipinski definition) is 11. The smallest absolute Gasteiger partial charge is 0.387 e. The monoisotopic (exact) mass is 775 g/mol. The Morgan fingerprint density at radius 1 is 1.00 bits per heavy atom. The zero-order valence-electron chi connectivity index (χ0n) is 27.2. The number of carbonyl (C=O) groups excluding carboxylic acids is 3. The molecule has 1 aliphatic heterocycles. The van der Waals surface area contributed by atoms with E-state index >= 15 is 0 Å². The number of rotatable bonds is 15. The second-order valence-electron chi connectivity index (χ2n) is 12.0. The minimum Gasteiger partial charge on any atom is -0.489 e. The zero-order chi connectivity index (χ0) is 37.2. The molecule has 272 valence electrons. The summed E-state index contributed by atoms with van der Waals surface area (Å²) in [6, 6.07) is 9.53. The van der Waals surface area contributed by atoms with E-state index in [0.717, 1.165) is 23.4 Å². The minimum absolute atomic E-state index is 0.00390. The average molecular weight is 777 g/mol. The first-order valence-corrected chi connectivity index (χ1v) is 18.3. The zero-order valence-corrected chi connectivity index (χ0v) is 29.6. The molecule has 0 N–H and O–H groups in total. The van der Waals surface area contributed by atoms with E-state index in [-0.39, 0.29) is 69.7 Å². The summed E-state index contributed by atoms with van der Waals surface area (Å²) in [6.07, 6.45) is 7.15. The van der Waals surface area contributed by atoms with Gasteiger partial charge in [0.15, 0.2) is 11.5 Å². The number of carbonyl (C=O) groups is 3. The summed E-state index contributed by atoms with van der Waals surface area (Å²) in [4.78, 5) is 53.1. The van der Waals surface area contributed by atoms with Crippen molar-refractivity contribution in [1.29, 1.82) is 0 Å². The van der Waals surface area contributed by atoms with Gasteiger partial charge >= 0.3 is 12.6 Å². The van der Waals surface area contributed by atoms with Gasteiger partial charge in [0.2, 0.25) is 10.0 Å². The maximum Gasteiger partial charge on any atom is 0.387 e. The number of esters is 1. The maximum atomic E-state index is 13.5. The summed E-state index contributed by atoms with van der Waals surface area (Å²) in [5.41, 5.74) is 0.542. The largest absolute Gasteiger partial charge is 0.489 e. The average Bonchev–Trinajstić information content (AvgIpc) is 3.90. The van der Waals surface area contributed by atoms with Crippen LogP contribution in [0.4, 0.5) is 14.5 Å². The molecule has 2 aromatic heterocycles. The third kappa shape index (κ3) is 8.57. The van der Waals surface area contributed by atoms with Crippen molar-refractivity contribution in [3.63, 3.8) is 0 Å². The highest BCUT2D eigenvalue weighted by molar-refractivity contribution is 7.92. The van der Waals surface area contributed by atoms with Crippen LogP contribution in [-0.4, -0.2) is 72.1 Å². The number of halogens is 4. The number of alkyl halides is 2. The van der Waals surface area contributed by atoms with Crippen LogP contribution >= 0.6 is 23.2 Å². The fourth-order valence-electron chi connectivity index (χ4n) is 5.41. The first-order valence-electron chi connectivity index (χ1n) is 15.7. The van der Waals surface area contributed by atoms with Gasteiger partial charge in [0.05, 0.1) is 46.3 Å². The van der Waals surface area contributed by atoms with Crippen molar-refractivity contribution in [3.8, 4) is 11.5 Å². The van der Waals surface area contributed by atoms with Crippen molar-refractivity contribution in [3.05, 3.63) is 105 Å². The lowest BCUT2D eigenvalue weighted by atomic mass is 10.0. The Morgan fingerprint density at radius 2 is 1.69 bits per heavy atom. The molecule has 1 atom stereocenters. The summed E-state index contributed by atoms with van der Waals surface area (Å²) >= 11 is 12.8. The topological polar surface area (TPSA) is 158 Å². The quantitative estimate of drug-likeness (QED) is 0.108. The molecule has 1 saturated carbocycles. The van der Waals surface area contributed by atoms with Gasteiger partial charge in [-0.05, 0) is 66.3 Å². The third-order valence-electron chi connectivity index (χ3n) is 8.18. The molecule has 2 aromatic carbocycles. The van der Waals surface area contributed by atoms with Gasteiger partial charge in [-0.3, -0.25) is 28.6 Å². The van der Waals surface area contributed by atoms with Crippen LogP contribution < -0.4 is 13.8 Å². The van der Waals surface area contributed by atoms with E-state index in [2.05, 4.69) is 19.7 Å². The summed E-state index contributed by atoms with van der Waals surface area (Å²) in [5, 5.41) is 0.323. The summed E-state index contributed by atoms with van der Waals surface area (Å²) < 4.78 is 69.1. The lowest BCUT2D eigenvalue weighted by molar-refractivity contribution is -0.149. The maximum absolute atomic E-state index is 13.5. The second kappa shape index (κ2) is 15.4. The van der Waals surface area contributed by atoms with Crippen LogP contribution in [0.5, 0.6) is 11.5 Å². The van der Waals surface area contributed by atoms with Crippen molar-refractivity contribution in [2.45, 2.75) is 38.5 Å². The molecule has 52 heavy (non-hydrogen) atoms. The van der Waals surface area contributed by atoms with E-state index in [0.29, 0.717) is 16.0 Å². The Kier molecular flexibility index (Phi) is 10.9. The molecule has 0 unspecified atom stereocenters. The molecular weight excluding hydrogens is 747 g/mol. The molecule has 1 fully saturated rings. The van der Waals surface area contributed by atoms with Crippen molar-refractivity contribution in [1.82, 2.24) is 19.9 Å². The van der Waals surface area contributed by atoms with Crippen LogP contribution in [-0.2, 0) is 32.5 Å². The first kappa shape index (κ1) is 36.8. The van der Waals surface area contributed by atoms with Gasteiger partial charge in [-0.2, -0.15) is 8.78 Å². The number of anilines is 1. The van der Waals surface area contributed by atoms with E-state index in [4.69, 9.17) is 32.7 Å². The number of benzene rings is 2. The molecule has 3 heterocycles. The van der Waals surface area contributed by atoms with Crippen molar-refractivity contribution < 1.29 is 45.8 Å². The molecule has 4 aromatic rings. The number of hydrogen-bond donors (Lipinski definition) is 0. The lowest BCUT2D eigenvalue weighted by Crippen LogP contribution is -2.36. The molecule has 0 radical (unpaired) electrons. The Hall–Kier alpha value is -4.93. The molecule has 13 nitrogen and oxygen atoms in total. The summed E-state index contributed by atoms with van der Waals surface area (Å²) in [5.74, 6) is -2.42. The molecule has 1 aliphatic carbocycles. The molecule has 0 bridgehead atoms. The number of aromatic nitrogens is 3. The van der Waals surface area contributed by atoms with Crippen LogP contribution in [0.1, 0.15) is 56.6 Å². The van der Waals surface area contributed by atoms with Crippen LogP contribution in [0.15, 0.2) is 67.3 Å².